The predicted molar refractivity (Wildman–Crippen MR) is 70.8 cm³/mol. The molecule has 1 fully saturated rings. The highest BCUT2D eigenvalue weighted by Gasteiger charge is 2.13. The Balaban J connectivity index is 2.08. The lowest BCUT2D eigenvalue weighted by Crippen LogP contribution is -2.34. The lowest BCUT2D eigenvalue weighted by atomic mass is 10.1. The smallest absolute Gasteiger partial charge is 0.0109 e. The minimum absolute atomic E-state index is 0.761. The average molecular weight is 230 g/mol. The zero-order valence-corrected chi connectivity index (χ0v) is 11.2. The molecule has 0 amide bonds. The summed E-state index contributed by atoms with van der Waals surface area (Å²) in [6, 6.07) is 0. The summed E-state index contributed by atoms with van der Waals surface area (Å²) in [7, 11) is 2.24. The number of nitrogens with zero attached hydrogens (tertiary/aromatic N) is 2. The lowest BCUT2D eigenvalue weighted by molar-refractivity contribution is 0.235. The van der Waals surface area contributed by atoms with Gasteiger partial charge in [0, 0.05) is 19.6 Å². The summed E-state index contributed by atoms with van der Waals surface area (Å²) in [5, 5.41) is 0. The molecule has 0 N–H and O–H groups in total. The SMILES string of the molecule is CCC(CS)CN(C)CCN1CCCC1. The van der Waals surface area contributed by atoms with E-state index in [-0.39, 0.29) is 0 Å². The second kappa shape index (κ2) is 7.53. The summed E-state index contributed by atoms with van der Waals surface area (Å²) in [5.41, 5.74) is 0. The number of hydrogen-bond donors (Lipinski definition) is 1. The predicted octanol–water partition coefficient (Wildman–Crippen LogP) is 1.97. The Morgan fingerprint density at radius 3 is 2.53 bits per heavy atom. The quantitative estimate of drug-likeness (QED) is 0.668. The Morgan fingerprint density at radius 2 is 2.00 bits per heavy atom. The molecule has 3 heteroatoms. The van der Waals surface area contributed by atoms with Gasteiger partial charge < -0.3 is 9.80 Å². The van der Waals surface area contributed by atoms with Crippen molar-refractivity contribution in [3.05, 3.63) is 0 Å². The van der Waals surface area contributed by atoms with Gasteiger partial charge in [-0.3, -0.25) is 0 Å². The van der Waals surface area contributed by atoms with Crippen LogP contribution in [-0.4, -0.2) is 55.3 Å². The highest BCUT2D eigenvalue weighted by atomic mass is 32.1. The first-order valence-electron chi connectivity index (χ1n) is 6.28. The highest BCUT2D eigenvalue weighted by molar-refractivity contribution is 7.80. The van der Waals surface area contributed by atoms with Crippen LogP contribution in [0.1, 0.15) is 26.2 Å². The normalized spacial score (nSPS) is 20.0. The van der Waals surface area contributed by atoms with Crippen LogP contribution < -0.4 is 0 Å². The molecule has 1 heterocycles. The molecule has 1 aliphatic rings. The minimum atomic E-state index is 0.761. The molecule has 15 heavy (non-hydrogen) atoms. The fraction of sp³-hybridized carbons (Fsp3) is 1.00. The van der Waals surface area contributed by atoms with Crippen LogP contribution in [0.5, 0.6) is 0 Å². The molecule has 2 nitrogen and oxygen atoms in total. The van der Waals surface area contributed by atoms with Crippen molar-refractivity contribution in [3.63, 3.8) is 0 Å². The molecule has 1 unspecified atom stereocenters. The maximum absolute atomic E-state index is 4.39. The van der Waals surface area contributed by atoms with E-state index in [0.29, 0.717) is 0 Å². The number of rotatable bonds is 7. The van der Waals surface area contributed by atoms with E-state index >= 15 is 0 Å². The molecule has 0 radical (unpaired) electrons. The highest BCUT2D eigenvalue weighted by Crippen LogP contribution is 2.08. The van der Waals surface area contributed by atoms with Crippen molar-refractivity contribution in [1.82, 2.24) is 9.80 Å². The van der Waals surface area contributed by atoms with Gasteiger partial charge in [0.2, 0.25) is 0 Å². The van der Waals surface area contributed by atoms with Crippen LogP contribution in [-0.2, 0) is 0 Å². The van der Waals surface area contributed by atoms with Crippen molar-refractivity contribution in [2.24, 2.45) is 5.92 Å². The third kappa shape index (κ3) is 5.23. The van der Waals surface area contributed by atoms with Crippen LogP contribution >= 0.6 is 12.6 Å². The molecular weight excluding hydrogens is 204 g/mol. The van der Waals surface area contributed by atoms with E-state index in [2.05, 4.69) is 36.4 Å². The first-order chi connectivity index (χ1) is 7.26. The van der Waals surface area contributed by atoms with Gasteiger partial charge in [0.15, 0.2) is 0 Å². The monoisotopic (exact) mass is 230 g/mol. The Morgan fingerprint density at radius 1 is 1.33 bits per heavy atom. The molecule has 0 saturated carbocycles. The van der Waals surface area contributed by atoms with Crippen LogP contribution in [0, 0.1) is 5.92 Å². The maximum Gasteiger partial charge on any atom is 0.0109 e. The van der Waals surface area contributed by atoms with Gasteiger partial charge in [0.05, 0.1) is 0 Å². The number of thiol groups is 1. The van der Waals surface area contributed by atoms with E-state index in [9.17, 15) is 0 Å². The van der Waals surface area contributed by atoms with E-state index in [1.54, 1.807) is 0 Å². The molecule has 0 spiro atoms. The van der Waals surface area contributed by atoms with Gasteiger partial charge in [-0.15, -0.1) is 0 Å². The van der Waals surface area contributed by atoms with Crippen molar-refractivity contribution < 1.29 is 0 Å². The number of hydrogen-bond acceptors (Lipinski definition) is 3. The summed E-state index contributed by atoms with van der Waals surface area (Å²) in [6.45, 7) is 8.56. The van der Waals surface area contributed by atoms with Crippen LogP contribution in [0.25, 0.3) is 0 Å². The van der Waals surface area contributed by atoms with Crippen molar-refractivity contribution >= 4 is 12.6 Å². The van der Waals surface area contributed by atoms with Gasteiger partial charge >= 0.3 is 0 Å². The Hall–Kier alpha value is 0.270. The van der Waals surface area contributed by atoms with Crippen molar-refractivity contribution in [3.8, 4) is 0 Å². The van der Waals surface area contributed by atoms with E-state index in [1.165, 1.54) is 52.0 Å². The summed E-state index contributed by atoms with van der Waals surface area (Å²) in [6.07, 6.45) is 4.05. The molecule has 1 saturated heterocycles. The van der Waals surface area contributed by atoms with Gasteiger partial charge in [-0.1, -0.05) is 13.3 Å². The first-order valence-corrected chi connectivity index (χ1v) is 6.91. The number of likely N-dealkylation sites (N-methyl/N-ethyl adjacent to an activating group) is 1. The van der Waals surface area contributed by atoms with Crippen LogP contribution in [0.15, 0.2) is 0 Å². The Kier molecular flexibility index (Phi) is 6.69. The second-order valence-electron chi connectivity index (χ2n) is 4.77. The van der Waals surface area contributed by atoms with E-state index < -0.39 is 0 Å². The second-order valence-corrected chi connectivity index (χ2v) is 5.13. The zero-order valence-electron chi connectivity index (χ0n) is 10.3. The third-order valence-corrected chi connectivity index (χ3v) is 3.92. The average Bonchev–Trinajstić information content (AvgIpc) is 2.75. The topological polar surface area (TPSA) is 6.48 Å². The molecule has 90 valence electrons. The lowest BCUT2D eigenvalue weighted by Gasteiger charge is -2.24. The van der Waals surface area contributed by atoms with Crippen molar-refractivity contribution in [2.75, 3.05) is 45.5 Å². The molecule has 0 aromatic heterocycles. The molecule has 0 aliphatic carbocycles. The Labute approximate surface area is 100 Å². The maximum atomic E-state index is 4.39. The molecule has 1 atom stereocenters. The van der Waals surface area contributed by atoms with Gasteiger partial charge in [0.25, 0.3) is 0 Å². The largest absolute Gasteiger partial charge is 0.305 e. The molecule has 0 aromatic carbocycles. The molecule has 1 aliphatic heterocycles. The van der Waals surface area contributed by atoms with Gasteiger partial charge in [-0.25, -0.2) is 0 Å². The fourth-order valence-electron chi connectivity index (χ4n) is 2.17. The molecular formula is C12H26N2S. The van der Waals surface area contributed by atoms with Gasteiger partial charge in [0.1, 0.15) is 0 Å². The molecule has 1 rings (SSSR count). The van der Waals surface area contributed by atoms with Crippen LogP contribution in [0.3, 0.4) is 0 Å². The molecule has 0 bridgehead atoms. The van der Waals surface area contributed by atoms with E-state index in [1.807, 2.05) is 0 Å². The minimum Gasteiger partial charge on any atom is -0.305 e. The van der Waals surface area contributed by atoms with Gasteiger partial charge in [-0.05, 0) is 44.6 Å². The van der Waals surface area contributed by atoms with Crippen molar-refractivity contribution in [1.29, 1.82) is 0 Å². The third-order valence-electron chi connectivity index (χ3n) is 3.40. The van der Waals surface area contributed by atoms with E-state index in [4.69, 9.17) is 0 Å². The first kappa shape index (κ1) is 13.3. The zero-order chi connectivity index (χ0) is 11.1. The summed E-state index contributed by atoms with van der Waals surface area (Å²) in [4.78, 5) is 5.04. The van der Waals surface area contributed by atoms with Gasteiger partial charge in [-0.2, -0.15) is 12.6 Å². The van der Waals surface area contributed by atoms with Crippen LogP contribution in [0.2, 0.25) is 0 Å². The summed E-state index contributed by atoms with van der Waals surface area (Å²) >= 11 is 4.39. The molecule has 0 aromatic rings. The Bertz CT molecular complexity index is 154. The van der Waals surface area contributed by atoms with Crippen LogP contribution in [0.4, 0.5) is 0 Å². The number of likely N-dealkylation sites (tertiary alicyclic amines) is 1. The fourth-order valence-corrected chi connectivity index (χ4v) is 2.54. The summed E-state index contributed by atoms with van der Waals surface area (Å²) < 4.78 is 0. The van der Waals surface area contributed by atoms with Crippen molar-refractivity contribution in [2.45, 2.75) is 26.2 Å². The standard InChI is InChI=1S/C12H26N2S/c1-3-12(11-15)10-13(2)8-9-14-6-4-5-7-14/h12,15H,3-11H2,1-2H3. The summed E-state index contributed by atoms with van der Waals surface area (Å²) in [5.74, 6) is 1.78. The van der Waals surface area contributed by atoms with E-state index in [0.717, 1.165) is 11.7 Å².